The summed E-state index contributed by atoms with van der Waals surface area (Å²) in [7, 11) is 0. The summed E-state index contributed by atoms with van der Waals surface area (Å²) in [6.45, 7) is 0. The van der Waals surface area contributed by atoms with Crippen LogP contribution in [0, 0.1) is 11.9 Å². The van der Waals surface area contributed by atoms with Gasteiger partial charge in [-0.1, -0.05) is 17.7 Å². The Bertz CT molecular complexity index is 204. The zero-order valence-corrected chi connectivity index (χ0v) is 6.63. The van der Waals surface area contributed by atoms with E-state index in [1.165, 1.54) is 6.07 Å². The van der Waals surface area contributed by atoms with Gasteiger partial charge in [-0.3, -0.25) is 0 Å². The fourth-order valence-corrected chi connectivity index (χ4v) is 0.853. The van der Waals surface area contributed by atoms with E-state index in [1.807, 2.05) is 0 Å². The Morgan fingerprint density at radius 3 is 2.78 bits per heavy atom. The standard InChI is InChI=1S/C6H2BrClF/c7-4-2-1-3-5(9)6(4)8/h1-2H. The van der Waals surface area contributed by atoms with E-state index < -0.39 is 5.82 Å². The first kappa shape index (κ1) is 7.03. The summed E-state index contributed by atoms with van der Waals surface area (Å²) in [6, 6.07) is 5.41. The van der Waals surface area contributed by atoms with Crippen LogP contribution >= 0.6 is 27.5 Å². The molecule has 0 aliphatic carbocycles. The lowest BCUT2D eigenvalue weighted by atomic mass is 10.3. The van der Waals surface area contributed by atoms with Crippen LogP contribution in [-0.4, -0.2) is 0 Å². The first-order valence-electron chi connectivity index (χ1n) is 2.23. The Kier molecular flexibility index (Phi) is 2.09. The predicted molar refractivity (Wildman–Crippen MR) is 37.9 cm³/mol. The van der Waals surface area contributed by atoms with Crippen molar-refractivity contribution in [3.05, 3.63) is 33.5 Å². The quantitative estimate of drug-likeness (QED) is 0.575. The second-order valence-electron chi connectivity index (χ2n) is 1.45. The third-order valence-electron chi connectivity index (χ3n) is 0.842. The van der Waals surface area contributed by atoms with E-state index in [2.05, 4.69) is 22.0 Å². The van der Waals surface area contributed by atoms with Crippen LogP contribution in [0.25, 0.3) is 0 Å². The van der Waals surface area contributed by atoms with E-state index in [4.69, 9.17) is 11.6 Å². The van der Waals surface area contributed by atoms with Gasteiger partial charge < -0.3 is 0 Å². The molecule has 0 amide bonds. The van der Waals surface area contributed by atoms with Crippen LogP contribution in [0.4, 0.5) is 4.39 Å². The summed E-state index contributed by atoms with van der Waals surface area (Å²) < 4.78 is 12.9. The molecule has 0 bridgehead atoms. The number of hydrogen-bond donors (Lipinski definition) is 0. The molecule has 3 heteroatoms. The molecule has 0 nitrogen and oxygen atoms in total. The summed E-state index contributed by atoms with van der Waals surface area (Å²) >= 11 is 8.48. The lowest BCUT2D eigenvalue weighted by molar-refractivity contribution is 0.625. The van der Waals surface area contributed by atoms with E-state index in [9.17, 15) is 4.39 Å². The Labute approximate surface area is 65.8 Å². The smallest absolute Gasteiger partial charge is 0.150 e. The van der Waals surface area contributed by atoms with Gasteiger partial charge >= 0.3 is 0 Å². The molecule has 47 valence electrons. The van der Waals surface area contributed by atoms with Gasteiger partial charge in [-0.15, -0.1) is 0 Å². The maximum absolute atomic E-state index is 12.4. The van der Waals surface area contributed by atoms with E-state index in [0.29, 0.717) is 4.47 Å². The van der Waals surface area contributed by atoms with Crippen LogP contribution in [-0.2, 0) is 0 Å². The molecule has 1 aromatic carbocycles. The fourth-order valence-electron chi connectivity index (χ4n) is 0.429. The van der Waals surface area contributed by atoms with Crippen LogP contribution < -0.4 is 0 Å². The van der Waals surface area contributed by atoms with E-state index in [1.54, 1.807) is 6.07 Å². The second kappa shape index (κ2) is 2.67. The molecule has 0 fully saturated rings. The molecule has 1 aromatic rings. The highest BCUT2D eigenvalue weighted by Crippen LogP contribution is 2.23. The Morgan fingerprint density at radius 1 is 1.67 bits per heavy atom. The lowest BCUT2D eigenvalue weighted by Gasteiger charge is -1.92. The molecule has 0 atom stereocenters. The van der Waals surface area contributed by atoms with Crippen molar-refractivity contribution >= 4 is 27.5 Å². The molecule has 0 unspecified atom stereocenters. The van der Waals surface area contributed by atoms with Gasteiger partial charge in [0, 0.05) is 10.5 Å². The minimum atomic E-state index is -0.522. The van der Waals surface area contributed by atoms with Crippen molar-refractivity contribution in [2.75, 3.05) is 0 Å². The minimum Gasteiger partial charge on any atom is -0.205 e. The largest absolute Gasteiger partial charge is 0.205 e. The maximum atomic E-state index is 12.4. The van der Waals surface area contributed by atoms with Crippen molar-refractivity contribution in [1.82, 2.24) is 0 Å². The van der Waals surface area contributed by atoms with Gasteiger partial charge in [0.1, 0.15) is 0 Å². The molecule has 0 heterocycles. The van der Waals surface area contributed by atoms with Crippen molar-refractivity contribution in [3.63, 3.8) is 0 Å². The molecule has 0 spiro atoms. The Hall–Kier alpha value is -0.0800. The first-order chi connectivity index (χ1) is 4.22. The fraction of sp³-hybridized carbons (Fsp3) is 0. The highest BCUT2D eigenvalue weighted by Gasteiger charge is 2.00. The maximum Gasteiger partial charge on any atom is 0.150 e. The first-order valence-corrected chi connectivity index (χ1v) is 3.40. The normalized spacial score (nSPS) is 9.67. The second-order valence-corrected chi connectivity index (χ2v) is 2.69. The number of benzene rings is 1. The summed E-state index contributed by atoms with van der Waals surface area (Å²) in [4.78, 5) is 0. The molecule has 0 saturated heterocycles. The van der Waals surface area contributed by atoms with Crippen molar-refractivity contribution in [3.8, 4) is 0 Å². The van der Waals surface area contributed by atoms with Crippen molar-refractivity contribution < 1.29 is 4.39 Å². The number of rotatable bonds is 0. The monoisotopic (exact) mass is 207 g/mol. The SMILES string of the molecule is Fc1[c]ccc(Br)c1Cl. The third kappa shape index (κ3) is 1.43. The van der Waals surface area contributed by atoms with Crippen molar-refractivity contribution in [2.45, 2.75) is 0 Å². The van der Waals surface area contributed by atoms with E-state index in [0.717, 1.165) is 0 Å². The highest BCUT2D eigenvalue weighted by atomic mass is 79.9. The van der Waals surface area contributed by atoms with Gasteiger partial charge in [0.15, 0.2) is 5.82 Å². The molecule has 0 aliphatic heterocycles. The summed E-state index contributed by atoms with van der Waals surface area (Å²) in [6.07, 6.45) is 0. The van der Waals surface area contributed by atoms with Crippen LogP contribution in [0.3, 0.4) is 0 Å². The molecule has 0 aromatic heterocycles. The van der Waals surface area contributed by atoms with Crippen LogP contribution in [0.1, 0.15) is 0 Å². The molecule has 1 rings (SSSR count). The van der Waals surface area contributed by atoms with Gasteiger partial charge in [0.05, 0.1) is 5.02 Å². The zero-order chi connectivity index (χ0) is 6.85. The van der Waals surface area contributed by atoms with Gasteiger partial charge in [0.2, 0.25) is 0 Å². The summed E-state index contributed by atoms with van der Waals surface area (Å²) in [5, 5.41) is 0.0810. The van der Waals surface area contributed by atoms with Crippen LogP contribution in [0.5, 0.6) is 0 Å². The van der Waals surface area contributed by atoms with Gasteiger partial charge in [-0.2, -0.15) is 0 Å². The molecule has 0 aliphatic rings. The molecule has 9 heavy (non-hydrogen) atoms. The van der Waals surface area contributed by atoms with Crippen molar-refractivity contribution in [2.24, 2.45) is 0 Å². The minimum absolute atomic E-state index is 0.0810. The summed E-state index contributed by atoms with van der Waals surface area (Å²) in [5.41, 5.74) is 0. The molecule has 0 saturated carbocycles. The van der Waals surface area contributed by atoms with Crippen molar-refractivity contribution in [1.29, 1.82) is 0 Å². The van der Waals surface area contributed by atoms with Crippen LogP contribution in [0.2, 0.25) is 5.02 Å². The number of halogens is 3. The predicted octanol–water partition coefficient (Wildman–Crippen LogP) is 3.04. The summed E-state index contributed by atoms with van der Waals surface area (Å²) in [5.74, 6) is -0.522. The molecule has 1 radical (unpaired) electrons. The topological polar surface area (TPSA) is 0 Å². The van der Waals surface area contributed by atoms with Gasteiger partial charge in [-0.25, -0.2) is 4.39 Å². The third-order valence-corrected chi connectivity index (χ3v) is 2.10. The highest BCUT2D eigenvalue weighted by molar-refractivity contribution is 9.10. The Morgan fingerprint density at radius 2 is 2.33 bits per heavy atom. The molecular formula is C6H2BrClF. The van der Waals surface area contributed by atoms with E-state index >= 15 is 0 Å². The van der Waals surface area contributed by atoms with Gasteiger partial charge in [0.25, 0.3) is 0 Å². The zero-order valence-electron chi connectivity index (χ0n) is 4.29. The average molecular weight is 208 g/mol. The number of hydrogen-bond acceptors (Lipinski definition) is 0. The molecular weight excluding hydrogens is 206 g/mol. The van der Waals surface area contributed by atoms with Crippen LogP contribution in [0.15, 0.2) is 16.6 Å². The average Bonchev–Trinajstić information content (AvgIpc) is 1.83. The lowest BCUT2D eigenvalue weighted by Crippen LogP contribution is -1.75. The van der Waals surface area contributed by atoms with Gasteiger partial charge in [-0.05, 0) is 22.0 Å². The Balaban J connectivity index is 3.25. The molecule has 0 N–H and O–H groups in total. The van der Waals surface area contributed by atoms with E-state index in [-0.39, 0.29) is 5.02 Å².